The van der Waals surface area contributed by atoms with Crippen LogP contribution in [0.25, 0.3) is 5.65 Å². The summed E-state index contributed by atoms with van der Waals surface area (Å²) in [6.07, 6.45) is -2.67. The van der Waals surface area contributed by atoms with Crippen molar-refractivity contribution in [1.82, 2.24) is 9.50 Å². The van der Waals surface area contributed by atoms with Crippen LogP contribution in [-0.4, -0.2) is 9.50 Å². The molecule has 2 aromatic heterocycles. The van der Waals surface area contributed by atoms with Gasteiger partial charge in [0.1, 0.15) is 6.20 Å². The van der Waals surface area contributed by atoms with Gasteiger partial charge in [-0.2, -0.15) is 17.6 Å². The fourth-order valence-corrected chi connectivity index (χ4v) is 1.09. The Hall–Kier alpha value is -1.79. The Morgan fingerprint density at radius 3 is 2.71 bits per heavy atom. The van der Waals surface area contributed by atoms with E-state index in [0.717, 1.165) is 29.1 Å². The second-order valence-electron chi connectivity index (χ2n) is 2.70. The molecular formula is C7H4F3N3O. The van der Waals surface area contributed by atoms with Crippen molar-refractivity contribution >= 4 is 5.65 Å². The number of aromatic nitrogens is 3. The van der Waals surface area contributed by atoms with E-state index < -0.39 is 11.7 Å². The Labute approximate surface area is 75.8 Å². The molecule has 0 amide bonds. The first kappa shape index (κ1) is 8.79. The van der Waals surface area contributed by atoms with Crippen LogP contribution >= 0.6 is 0 Å². The Balaban J connectivity index is 2.62. The first-order chi connectivity index (χ1) is 6.47. The number of pyridine rings is 1. The monoisotopic (exact) mass is 203 g/mol. The molecule has 0 N–H and O–H groups in total. The number of halogens is 3. The number of fused-ring (bicyclic) bond motifs is 1. The molecule has 0 aromatic carbocycles. The standard InChI is InChI=1S/C7H4F3N3O/c8-7(9,10)5-1-2-6-11-13(14)4-12(6)3-5/h1-4H. The van der Waals surface area contributed by atoms with Crippen LogP contribution in [0.15, 0.2) is 24.7 Å². The summed E-state index contributed by atoms with van der Waals surface area (Å²) < 4.78 is 37.6. The van der Waals surface area contributed by atoms with Gasteiger partial charge in [0.05, 0.1) is 5.56 Å². The second kappa shape index (κ2) is 2.60. The maximum atomic E-state index is 12.2. The van der Waals surface area contributed by atoms with Gasteiger partial charge < -0.3 is 5.21 Å². The van der Waals surface area contributed by atoms with E-state index in [1.807, 2.05) is 0 Å². The first-order valence-corrected chi connectivity index (χ1v) is 3.62. The van der Waals surface area contributed by atoms with Crippen LogP contribution < -0.4 is 4.85 Å². The van der Waals surface area contributed by atoms with Crippen LogP contribution in [0.2, 0.25) is 0 Å². The lowest BCUT2D eigenvalue weighted by molar-refractivity contribution is -0.665. The number of nitrogens with zero attached hydrogens (tertiary/aromatic N) is 3. The predicted octanol–water partition coefficient (Wildman–Crippen LogP) is 0.987. The van der Waals surface area contributed by atoms with E-state index in [-0.39, 0.29) is 10.5 Å². The minimum atomic E-state index is -4.41. The molecule has 0 bridgehead atoms. The number of alkyl halides is 3. The van der Waals surface area contributed by atoms with Gasteiger partial charge in [0.2, 0.25) is 0 Å². The highest BCUT2D eigenvalue weighted by Gasteiger charge is 2.32. The summed E-state index contributed by atoms with van der Waals surface area (Å²) in [5.41, 5.74) is -0.643. The van der Waals surface area contributed by atoms with Gasteiger partial charge in [-0.15, -0.1) is 4.85 Å². The highest BCUT2D eigenvalue weighted by Crippen LogP contribution is 2.28. The van der Waals surface area contributed by atoms with Crippen molar-refractivity contribution in [2.24, 2.45) is 0 Å². The maximum absolute atomic E-state index is 12.2. The third-order valence-electron chi connectivity index (χ3n) is 1.71. The quantitative estimate of drug-likeness (QED) is 0.473. The summed E-state index contributed by atoms with van der Waals surface area (Å²) in [5, 5.41) is 14.0. The molecule has 4 nitrogen and oxygen atoms in total. The number of hydrogen-bond donors (Lipinski definition) is 0. The van der Waals surface area contributed by atoms with Crippen LogP contribution in [0.4, 0.5) is 13.2 Å². The zero-order valence-corrected chi connectivity index (χ0v) is 6.69. The van der Waals surface area contributed by atoms with Crippen LogP contribution in [0, 0.1) is 5.21 Å². The van der Waals surface area contributed by atoms with Crippen molar-refractivity contribution < 1.29 is 18.0 Å². The van der Waals surface area contributed by atoms with Gasteiger partial charge in [0, 0.05) is 6.07 Å². The first-order valence-electron chi connectivity index (χ1n) is 3.62. The molecule has 0 saturated carbocycles. The average molecular weight is 203 g/mol. The Bertz CT molecular complexity index is 476. The van der Waals surface area contributed by atoms with Crippen LogP contribution in [0.3, 0.4) is 0 Å². The molecule has 0 aliphatic rings. The van der Waals surface area contributed by atoms with E-state index in [9.17, 15) is 18.4 Å². The average Bonchev–Trinajstić information content (AvgIpc) is 2.41. The fraction of sp³-hybridized carbons (Fsp3) is 0.143. The van der Waals surface area contributed by atoms with Crippen LogP contribution in [0.1, 0.15) is 5.56 Å². The molecule has 0 fully saturated rings. The van der Waals surface area contributed by atoms with Crippen molar-refractivity contribution in [3.63, 3.8) is 0 Å². The van der Waals surface area contributed by atoms with E-state index in [4.69, 9.17) is 0 Å². The lowest BCUT2D eigenvalue weighted by Crippen LogP contribution is -2.26. The third kappa shape index (κ3) is 1.36. The smallest absolute Gasteiger partial charge is 0.419 e. The third-order valence-corrected chi connectivity index (χ3v) is 1.71. The number of hydrogen-bond acceptors (Lipinski definition) is 2. The van der Waals surface area contributed by atoms with Gasteiger partial charge in [-0.1, -0.05) is 0 Å². The van der Waals surface area contributed by atoms with Crippen molar-refractivity contribution in [3.05, 3.63) is 35.4 Å². The Morgan fingerprint density at radius 2 is 2.07 bits per heavy atom. The topological polar surface area (TPSA) is 44.2 Å². The maximum Gasteiger partial charge on any atom is 0.419 e. The zero-order valence-electron chi connectivity index (χ0n) is 6.69. The van der Waals surface area contributed by atoms with E-state index >= 15 is 0 Å². The van der Waals surface area contributed by atoms with Gasteiger partial charge in [-0.05, 0) is 11.2 Å². The summed E-state index contributed by atoms with van der Waals surface area (Å²) in [6, 6.07) is 2.01. The summed E-state index contributed by atoms with van der Waals surface area (Å²) in [5.74, 6) is 0. The van der Waals surface area contributed by atoms with Crippen LogP contribution in [0.5, 0.6) is 0 Å². The van der Waals surface area contributed by atoms with Crippen molar-refractivity contribution in [2.45, 2.75) is 6.18 Å². The van der Waals surface area contributed by atoms with E-state index in [2.05, 4.69) is 5.10 Å². The summed E-state index contributed by atoms with van der Waals surface area (Å²) in [6.45, 7) is 0. The fourth-order valence-electron chi connectivity index (χ4n) is 1.09. The van der Waals surface area contributed by atoms with Crippen molar-refractivity contribution in [3.8, 4) is 0 Å². The Kier molecular flexibility index (Phi) is 1.63. The SMILES string of the molecule is [O-][n+]1cn2cc(C(F)(F)F)ccc2n1. The van der Waals surface area contributed by atoms with E-state index in [1.54, 1.807) is 0 Å². The zero-order chi connectivity index (χ0) is 10.3. The molecule has 0 unspecified atom stereocenters. The molecule has 2 aromatic rings. The lowest BCUT2D eigenvalue weighted by atomic mass is 10.3. The van der Waals surface area contributed by atoms with Gasteiger partial charge in [-0.3, -0.25) is 0 Å². The van der Waals surface area contributed by atoms with Crippen LogP contribution in [-0.2, 0) is 6.18 Å². The summed E-state index contributed by atoms with van der Waals surface area (Å²) >= 11 is 0. The summed E-state index contributed by atoms with van der Waals surface area (Å²) in [4.78, 5) is 0.204. The lowest BCUT2D eigenvalue weighted by Gasteiger charge is -2.03. The highest BCUT2D eigenvalue weighted by molar-refractivity contribution is 5.37. The second-order valence-corrected chi connectivity index (χ2v) is 2.70. The summed E-state index contributed by atoms with van der Waals surface area (Å²) in [7, 11) is 0. The molecule has 0 aliphatic carbocycles. The van der Waals surface area contributed by atoms with Gasteiger partial charge in [0.15, 0.2) is 0 Å². The molecule has 7 heteroatoms. The van der Waals surface area contributed by atoms with Crippen molar-refractivity contribution in [1.29, 1.82) is 0 Å². The van der Waals surface area contributed by atoms with Gasteiger partial charge in [-0.25, -0.2) is 0 Å². The normalized spacial score (nSPS) is 12.2. The molecule has 0 spiro atoms. The molecule has 14 heavy (non-hydrogen) atoms. The predicted molar refractivity (Wildman–Crippen MR) is 39.2 cm³/mol. The van der Waals surface area contributed by atoms with Crippen molar-refractivity contribution in [2.75, 3.05) is 0 Å². The van der Waals surface area contributed by atoms with Gasteiger partial charge >= 0.3 is 6.18 Å². The molecule has 74 valence electrons. The highest BCUT2D eigenvalue weighted by atomic mass is 19.4. The molecule has 2 rings (SSSR count). The Morgan fingerprint density at radius 1 is 1.36 bits per heavy atom. The molecule has 0 saturated heterocycles. The number of rotatable bonds is 0. The molecular weight excluding hydrogens is 199 g/mol. The minimum Gasteiger partial charge on any atom is -0.691 e. The minimum absolute atomic E-state index is 0.174. The molecule has 2 heterocycles. The van der Waals surface area contributed by atoms with E-state index in [1.165, 1.54) is 0 Å². The van der Waals surface area contributed by atoms with E-state index in [0.29, 0.717) is 0 Å². The molecule has 0 aliphatic heterocycles. The van der Waals surface area contributed by atoms with Gasteiger partial charge in [0.25, 0.3) is 12.0 Å². The largest absolute Gasteiger partial charge is 0.691 e. The molecule has 0 atom stereocenters. The molecule has 0 radical (unpaired) electrons.